The fraction of sp³-hybridized carbons (Fsp3) is 0.130. The van der Waals surface area contributed by atoms with Crippen molar-refractivity contribution in [2.45, 2.75) is 6.85 Å². The van der Waals surface area contributed by atoms with Gasteiger partial charge in [0.25, 0.3) is 0 Å². The van der Waals surface area contributed by atoms with Crippen molar-refractivity contribution in [1.82, 2.24) is 4.98 Å². The molecule has 0 fully saturated rings. The summed E-state index contributed by atoms with van der Waals surface area (Å²) in [5, 5.41) is 0.807. The van der Waals surface area contributed by atoms with Gasteiger partial charge in [-0.2, -0.15) is 0 Å². The Morgan fingerprint density at radius 3 is 2.79 bits per heavy atom. The van der Waals surface area contributed by atoms with Gasteiger partial charge in [0, 0.05) is 21.9 Å². The van der Waals surface area contributed by atoms with Crippen LogP contribution in [0.4, 0.5) is 5.69 Å². The molecule has 0 aliphatic carbocycles. The lowest BCUT2D eigenvalue weighted by atomic mass is 9.55. The van der Waals surface area contributed by atoms with Crippen LogP contribution in [0, 0.1) is 6.85 Å². The zero-order chi connectivity index (χ0) is 21.8. The van der Waals surface area contributed by atoms with Gasteiger partial charge in [-0.3, -0.25) is 0 Å². The number of benzene rings is 1. The fourth-order valence-corrected chi connectivity index (χ4v) is 3.90. The summed E-state index contributed by atoms with van der Waals surface area (Å²) in [7, 11) is 4.06. The molecule has 1 aliphatic rings. The molecule has 0 radical (unpaired) electrons. The molecule has 4 nitrogen and oxygen atoms in total. The average molecular weight is 369 g/mol. The number of furan rings is 1. The van der Waals surface area contributed by atoms with Gasteiger partial charge in [-0.25, -0.2) is 9.55 Å². The molecule has 28 heavy (non-hydrogen) atoms. The zero-order valence-electron chi connectivity index (χ0n) is 18.8. The minimum atomic E-state index is -2.27. The van der Waals surface area contributed by atoms with Crippen LogP contribution in [0.1, 0.15) is 15.6 Å². The number of hydrogen-bond acceptors (Lipinski definition) is 3. The highest BCUT2D eigenvalue weighted by Gasteiger charge is 2.35. The van der Waals surface area contributed by atoms with Crippen LogP contribution in [0.15, 0.2) is 71.2 Å². The second-order valence-corrected chi connectivity index (χ2v) is 7.10. The van der Waals surface area contributed by atoms with Crippen LogP contribution in [0.3, 0.4) is 0 Å². The molecular formula is C23H21BN3O+. The maximum Gasteiger partial charge on any atom is 0.396 e. The molecule has 5 heteroatoms. The summed E-state index contributed by atoms with van der Waals surface area (Å²) in [6.07, 6.45) is 4.03. The van der Waals surface area contributed by atoms with Gasteiger partial charge in [0.15, 0.2) is 17.6 Å². The molecule has 4 heterocycles. The molecule has 136 valence electrons. The number of nitrogens with zero attached hydrogens (tertiary/aromatic N) is 3. The predicted molar refractivity (Wildman–Crippen MR) is 115 cm³/mol. The minimum absolute atomic E-state index is 0.00995. The van der Waals surface area contributed by atoms with E-state index in [9.17, 15) is 0 Å². The normalized spacial score (nSPS) is 15.3. The predicted octanol–water partition coefficient (Wildman–Crippen LogP) is 3.53. The van der Waals surface area contributed by atoms with Crippen molar-refractivity contribution in [2.24, 2.45) is 7.05 Å². The van der Waals surface area contributed by atoms with E-state index in [1.165, 1.54) is 5.56 Å². The second kappa shape index (κ2) is 6.38. The third-order valence-corrected chi connectivity index (χ3v) is 5.35. The van der Waals surface area contributed by atoms with Crippen LogP contribution >= 0.6 is 0 Å². The summed E-state index contributed by atoms with van der Waals surface area (Å²) in [5.74, 6) is 2.78. The average Bonchev–Trinajstić information content (AvgIpc) is 3.13. The van der Waals surface area contributed by atoms with E-state index in [4.69, 9.17) is 8.53 Å². The Labute approximate surface area is 169 Å². The first-order valence-electron chi connectivity index (χ1n) is 10.7. The Kier molecular flexibility index (Phi) is 3.14. The lowest BCUT2D eigenvalue weighted by Crippen LogP contribution is -2.60. The van der Waals surface area contributed by atoms with Gasteiger partial charge in [0.1, 0.15) is 7.05 Å². The third-order valence-electron chi connectivity index (χ3n) is 5.35. The standard InChI is InChI=1S/C23H21BN3O/c1-16-9-10-19-22-20(28-23(19)25-16)11-13-24(27(22)3)21-15-18(12-14-26(21)2)17-7-5-4-6-8-17/h4-15H,1-3H3/q+1/i1D3. The number of aromatic nitrogens is 2. The molecule has 0 saturated heterocycles. The largest absolute Gasteiger partial charge is 0.436 e. The van der Waals surface area contributed by atoms with Crippen molar-refractivity contribution in [3.8, 4) is 11.1 Å². The number of rotatable bonds is 2. The van der Waals surface area contributed by atoms with E-state index in [2.05, 4.69) is 50.8 Å². The Morgan fingerprint density at radius 2 is 1.96 bits per heavy atom. The lowest BCUT2D eigenvalue weighted by molar-refractivity contribution is -0.654. The second-order valence-electron chi connectivity index (χ2n) is 7.10. The van der Waals surface area contributed by atoms with Gasteiger partial charge in [-0.15, -0.1) is 0 Å². The molecule has 0 N–H and O–H groups in total. The SMILES string of the molecule is [2H]C([2H])([2H])c1ccc2c3c(oc2n1)C=CB(c1cc(-c2ccccc2)cc[n+]1C)N3C. The van der Waals surface area contributed by atoms with E-state index < -0.39 is 6.85 Å². The van der Waals surface area contributed by atoms with Gasteiger partial charge in [-0.1, -0.05) is 36.3 Å². The molecule has 1 aliphatic heterocycles. The monoisotopic (exact) mass is 369 g/mol. The summed E-state index contributed by atoms with van der Waals surface area (Å²) in [6, 6.07) is 18.0. The van der Waals surface area contributed by atoms with Crippen LogP contribution in [-0.4, -0.2) is 18.9 Å². The van der Waals surface area contributed by atoms with E-state index in [0.29, 0.717) is 11.5 Å². The van der Waals surface area contributed by atoms with E-state index in [1.54, 1.807) is 12.1 Å². The Balaban J connectivity index is 1.58. The first kappa shape index (κ1) is 13.8. The number of anilines is 1. The smallest absolute Gasteiger partial charge is 0.396 e. The molecule has 0 saturated carbocycles. The molecular weight excluding hydrogens is 345 g/mol. The highest BCUT2D eigenvalue weighted by molar-refractivity contribution is 6.81. The van der Waals surface area contributed by atoms with Gasteiger partial charge in [-0.05, 0) is 43.2 Å². The highest BCUT2D eigenvalue weighted by atomic mass is 16.3. The highest BCUT2D eigenvalue weighted by Crippen LogP contribution is 2.36. The van der Waals surface area contributed by atoms with E-state index in [-0.39, 0.29) is 12.5 Å². The number of pyridine rings is 2. The van der Waals surface area contributed by atoms with Crippen molar-refractivity contribution in [1.29, 1.82) is 0 Å². The quantitative estimate of drug-likeness (QED) is 0.400. The minimum Gasteiger partial charge on any atom is -0.436 e. The molecule has 0 unspecified atom stereocenters. The first-order chi connectivity index (χ1) is 14.8. The fourth-order valence-electron chi connectivity index (χ4n) is 3.90. The van der Waals surface area contributed by atoms with Crippen LogP contribution in [0.5, 0.6) is 0 Å². The molecule has 0 atom stereocenters. The van der Waals surface area contributed by atoms with Gasteiger partial charge >= 0.3 is 6.85 Å². The van der Waals surface area contributed by atoms with Crippen LogP contribution in [0.25, 0.3) is 28.3 Å². The summed E-state index contributed by atoms with van der Waals surface area (Å²) in [6.45, 7) is -2.28. The van der Waals surface area contributed by atoms with Crippen LogP contribution in [-0.2, 0) is 7.05 Å². The molecule has 1 aromatic carbocycles. The zero-order valence-corrected chi connectivity index (χ0v) is 15.8. The summed E-state index contributed by atoms with van der Waals surface area (Å²) in [5.41, 5.74) is 4.75. The summed E-state index contributed by atoms with van der Waals surface area (Å²) < 4.78 is 30.9. The summed E-state index contributed by atoms with van der Waals surface area (Å²) >= 11 is 0. The molecule has 5 rings (SSSR count). The number of aryl methyl sites for hydroxylation is 2. The van der Waals surface area contributed by atoms with E-state index in [1.807, 2.05) is 38.4 Å². The first-order valence-corrected chi connectivity index (χ1v) is 9.23. The van der Waals surface area contributed by atoms with E-state index in [0.717, 1.165) is 22.2 Å². The Morgan fingerprint density at radius 1 is 1.11 bits per heavy atom. The van der Waals surface area contributed by atoms with Crippen molar-refractivity contribution in [2.75, 3.05) is 11.9 Å². The maximum atomic E-state index is 7.61. The molecule has 4 aromatic rings. The molecule has 0 bridgehead atoms. The Hall–Kier alpha value is -3.34. The lowest BCUT2D eigenvalue weighted by Gasteiger charge is -2.26. The number of hydrogen-bond donors (Lipinski definition) is 0. The van der Waals surface area contributed by atoms with Crippen molar-refractivity contribution < 1.29 is 13.1 Å². The Bertz CT molecular complexity index is 1320. The third kappa shape index (κ3) is 2.62. The van der Waals surface area contributed by atoms with Gasteiger partial charge < -0.3 is 9.23 Å². The molecule has 0 amide bonds. The molecule has 3 aromatic heterocycles. The van der Waals surface area contributed by atoms with Crippen LogP contribution < -0.4 is 15.0 Å². The number of fused-ring (bicyclic) bond motifs is 3. The van der Waals surface area contributed by atoms with Crippen LogP contribution in [0.2, 0.25) is 0 Å². The molecule has 0 spiro atoms. The van der Waals surface area contributed by atoms with E-state index >= 15 is 0 Å². The van der Waals surface area contributed by atoms with Gasteiger partial charge in [0.05, 0.1) is 11.1 Å². The maximum absolute atomic E-state index is 7.61. The topological polar surface area (TPSA) is 33.1 Å². The summed E-state index contributed by atoms with van der Waals surface area (Å²) in [4.78, 5) is 6.41. The van der Waals surface area contributed by atoms with Crippen molar-refractivity contribution in [3.05, 3.63) is 78.2 Å². The van der Waals surface area contributed by atoms with Gasteiger partial charge in [0.2, 0.25) is 5.71 Å². The van der Waals surface area contributed by atoms with Crippen molar-refractivity contribution in [3.63, 3.8) is 0 Å². The van der Waals surface area contributed by atoms with Crippen molar-refractivity contribution >= 4 is 35.3 Å².